The number of aromatic nitrogens is 2. The lowest BCUT2D eigenvalue weighted by atomic mass is 10.0. The SMILES string of the molecule is CCC1=NOC(c2nc3ccc(C(C)C)cc3c(=O)[nH]2)C1. The molecule has 5 nitrogen and oxygen atoms in total. The van der Waals surface area contributed by atoms with Crippen molar-refractivity contribution in [3.63, 3.8) is 0 Å². The molecule has 0 saturated heterocycles. The number of fused-ring (bicyclic) bond motifs is 1. The van der Waals surface area contributed by atoms with Crippen LogP contribution in [-0.2, 0) is 4.84 Å². The van der Waals surface area contributed by atoms with E-state index in [0.29, 0.717) is 29.1 Å². The second-order valence-corrected chi connectivity index (χ2v) is 5.69. The molecule has 1 aromatic heterocycles. The zero-order valence-electron chi connectivity index (χ0n) is 12.5. The largest absolute Gasteiger partial charge is 0.384 e. The van der Waals surface area contributed by atoms with E-state index in [2.05, 4.69) is 29.0 Å². The monoisotopic (exact) mass is 285 g/mol. The lowest BCUT2D eigenvalue weighted by Crippen LogP contribution is -2.15. The van der Waals surface area contributed by atoms with E-state index in [0.717, 1.165) is 17.7 Å². The number of aromatic amines is 1. The number of H-pyrrole nitrogens is 1. The van der Waals surface area contributed by atoms with Crippen LogP contribution in [0.15, 0.2) is 28.1 Å². The Morgan fingerprint density at radius 2 is 2.24 bits per heavy atom. The van der Waals surface area contributed by atoms with Gasteiger partial charge in [-0.1, -0.05) is 32.0 Å². The highest BCUT2D eigenvalue weighted by molar-refractivity contribution is 5.85. The minimum absolute atomic E-state index is 0.119. The molecule has 1 N–H and O–H groups in total. The van der Waals surface area contributed by atoms with Crippen molar-refractivity contribution < 1.29 is 4.84 Å². The molecule has 0 fully saturated rings. The second kappa shape index (κ2) is 5.31. The molecule has 1 aromatic carbocycles. The van der Waals surface area contributed by atoms with E-state index in [1.165, 1.54) is 0 Å². The summed E-state index contributed by atoms with van der Waals surface area (Å²) in [6.07, 6.45) is 1.27. The molecule has 0 amide bonds. The highest BCUT2D eigenvalue weighted by Gasteiger charge is 2.24. The van der Waals surface area contributed by atoms with E-state index in [9.17, 15) is 4.79 Å². The summed E-state index contributed by atoms with van der Waals surface area (Å²) < 4.78 is 0. The van der Waals surface area contributed by atoms with E-state index in [4.69, 9.17) is 4.84 Å². The molecule has 2 heterocycles. The predicted molar refractivity (Wildman–Crippen MR) is 82.6 cm³/mol. The minimum Gasteiger partial charge on any atom is -0.384 e. The van der Waals surface area contributed by atoms with Crippen LogP contribution in [0.25, 0.3) is 10.9 Å². The van der Waals surface area contributed by atoms with Crippen molar-refractivity contribution in [3.05, 3.63) is 39.9 Å². The van der Waals surface area contributed by atoms with Crippen LogP contribution >= 0.6 is 0 Å². The van der Waals surface area contributed by atoms with Gasteiger partial charge in [0.15, 0.2) is 11.9 Å². The molecule has 0 aliphatic carbocycles. The van der Waals surface area contributed by atoms with Crippen LogP contribution in [0.2, 0.25) is 0 Å². The first-order valence-corrected chi connectivity index (χ1v) is 7.34. The standard InChI is InChI=1S/C16H19N3O2/c1-4-11-8-14(21-19-11)15-17-13-6-5-10(9(2)3)7-12(13)16(20)18-15/h5-7,9,14H,4,8H2,1-3H3,(H,17,18,20). The summed E-state index contributed by atoms with van der Waals surface area (Å²) in [7, 11) is 0. The van der Waals surface area contributed by atoms with E-state index in [1.807, 2.05) is 25.1 Å². The zero-order chi connectivity index (χ0) is 15.0. The number of benzene rings is 1. The highest BCUT2D eigenvalue weighted by atomic mass is 16.6. The summed E-state index contributed by atoms with van der Waals surface area (Å²) in [5.74, 6) is 0.934. The lowest BCUT2D eigenvalue weighted by Gasteiger charge is -2.10. The molecular formula is C16H19N3O2. The van der Waals surface area contributed by atoms with E-state index in [-0.39, 0.29) is 11.7 Å². The predicted octanol–water partition coefficient (Wildman–Crippen LogP) is 3.27. The molecule has 5 heteroatoms. The number of nitrogens with zero attached hydrogens (tertiary/aromatic N) is 2. The van der Waals surface area contributed by atoms with Crippen molar-refractivity contribution in [2.75, 3.05) is 0 Å². The third kappa shape index (κ3) is 2.55. The lowest BCUT2D eigenvalue weighted by molar-refractivity contribution is 0.0792. The van der Waals surface area contributed by atoms with Crippen molar-refractivity contribution in [2.24, 2.45) is 5.16 Å². The van der Waals surface area contributed by atoms with Crippen LogP contribution in [0, 0.1) is 0 Å². The van der Waals surface area contributed by atoms with Crippen LogP contribution in [-0.4, -0.2) is 15.7 Å². The average Bonchev–Trinajstić information content (AvgIpc) is 2.95. The molecule has 0 saturated carbocycles. The third-order valence-electron chi connectivity index (χ3n) is 3.86. The summed E-state index contributed by atoms with van der Waals surface area (Å²) in [4.78, 5) is 25.0. The van der Waals surface area contributed by atoms with E-state index >= 15 is 0 Å². The molecule has 21 heavy (non-hydrogen) atoms. The van der Waals surface area contributed by atoms with Gasteiger partial charge in [-0.3, -0.25) is 4.79 Å². The van der Waals surface area contributed by atoms with Crippen molar-refractivity contribution in [2.45, 2.75) is 45.6 Å². The topological polar surface area (TPSA) is 67.3 Å². The van der Waals surface area contributed by atoms with Gasteiger partial charge in [0.1, 0.15) is 0 Å². The van der Waals surface area contributed by atoms with Crippen LogP contribution in [0.1, 0.15) is 57.0 Å². The molecule has 1 unspecified atom stereocenters. The number of nitrogens with one attached hydrogen (secondary N) is 1. The van der Waals surface area contributed by atoms with Gasteiger partial charge < -0.3 is 9.82 Å². The van der Waals surface area contributed by atoms with Crippen LogP contribution in [0.5, 0.6) is 0 Å². The second-order valence-electron chi connectivity index (χ2n) is 5.69. The number of hydrogen-bond donors (Lipinski definition) is 1. The minimum atomic E-state index is -0.276. The molecule has 0 spiro atoms. The highest BCUT2D eigenvalue weighted by Crippen LogP contribution is 2.26. The first kappa shape index (κ1) is 13.8. The van der Waals surface area contributed by atoms with Gasteiger partial charge in [0.2, 0.25) is 0 Å². The molecular weight excluding hydrogens is 266 g/mol. The van der Waals surface area contributed by atoms with Gasteiger partial charge in [-0.15, -0.1) is 0 Å². The van der Waals surface area contributed by atoms with Gasteiger partial charge in [0.25, 0.3) is 5.56 Å². The molecule has 3 rings (SSSR count). The van der Waals surface area contributed by atoms with Gasteiger partial charge in [-0.2, -0.15) is 0 Å². The third-order valence-corrected chi connectivity index (χ3v) is 3.86. The molecule has 1 aliphatic heterocycles. The summed E-state index contributed by atoms with van der Waals surface area (Å²) in [5, 5.41) is 4.64. The number of oxime groups is 1. The first-order valence-electron chi connectivity index (χ1n) is 7.34. The summed E-state index contributed by atoms with van der Waals surface area (Å²) in [5.41, 5.74) is 2.71. The van der Waals surface area contributed by atoms with Crippen molar-refractivity contribution >= 4 is 16.6 Å². The van der Waals surface area contributed by atoms with Crippen LogP contribution in [0.4, 0.5) is 0 Å². The van der Waals surface area contributed by atoms with Crippen LogP contribution in [0.3, 0.4) is 0 Å². The normalized spacial score (nSPS) is 18.1. The van der Waals surface area contributed by atoms with Gasteiger partial charge in [-0.25, -0.2) is 4.98 Å². The van der Waals surface area contributed by atoms with Crippen LogP contribution < -0.4 is 5.56 Å². The van der Waals surface area contributed by atoms with Gasteiger partial charge in [0, 0.05) is 6.42 Å². The Morgan fingerprint density at radius 1 is 1.43 bits per heavy atom. The van der Waals surface area contributed by atoms with Crippen molar-refractivity contribution in [1.29, 1.82) is 0 Å². The molecule has 1 aliphatic rings. The Balaban J connectivity index is 2.01. The summed E-state index contributed by atoms with van der Waals surface area (Å²) >= 11 is 0. The Labute approximate surface area is 123 Å². The Morgan fingerprint density at radius 3 is 2.90 bits per heavy atom. The van der Waals surface area contributed by atoms with E-state index in [1.54, 1.807) is 0 Å². The molecule has 1 atom stereocenters. The van der Waals surface area contributed by atoms with Gasteiger partial charge in [0.05, 0.1) is 16.6 Å². The van der Waals surface area contributed by atoms with Crippen molar-refractivity contribution in [1.82, 2.24) is 9.97 Å². The van der Waals surface area contributed by atoms with Gasteiger partial charge in [-0.05, 0) is 30.0 Å². The first-order chi connectivity index (χ1) is 10.1. The Bertz CT molecular complexity index is 762. The maximum absolute atomic E-state index is 12.3. The zero-order valence-corrected chi connectivity index (χ0v) is 12.5. The molecule has 0 bridgehead atoms. The maximum atomic E-state index is 12.3. The molecule has 110 valence electrons. The fourth-order valence-electron chi connectivity index (χ4n) is 2.47. The fraction of sp³-hybridized carbons (Fsp3) is 0.438. The number of rotatable bonds is 3. The molecule has 0 radical (unpaired) electrons. The number of hydrogen-bond acceptors (Lipinski definition) is 4. The Kier molecular flexibility index (Phi) is 3.49. The quantitative estimate of drug-likeness (QED) is 0.941. The van der Waals surface area contributed by atoms with Crippen molar-refractivity contribution in [3.8, 4) is 0 Å². The van der Waals surface area contributed by atoms with E-state index < -0.39 is 0 Å². The summed E-state index contributed by atoms with van der Waals surface area (Å²) in [6.45, 7) is 6.24. The van der Waals surface area contributed by atoms with Gasteiger partial charge >= 0.3 is 0 Å². The maximum Gasteiger partial charge on any atom is 0.258 e. The summed E-state index contributed by atoms with van der Waals surface area (Å²) in [6, 6.07) is 5.84. The smallest absolute Gasteiger partial charge is 0.258 e. The molecule has 2 aromatic rings. The average molecular weight is 285 g/mol. The Hall–Kier alpha value is -2.17. The fourth-order valence-corrected chi connectivity index (χ4v) is 2.47.